The fourth-order valence-electron chi connectivity index (χ4n) is 3.72. The van der Waals surface area contributed by atoms with Crippen LogP contribution < -0.4 is 0 Å². The summed E-state index contributed by atoms with van der Waals surface area (Å²) in [6.45, 7) is 4.42. The minimum Gasteiger partial charge on any atom is -0.357 e. The summed E-state index contributed by atoms with van der Waals surface area (Å²) in [5, 5.41) is 11.2. The third-order valence-electron chi connectivity index (χ3n) is 4.97. The van der Waals surface area contributed by atoms with Gasteiger partial charge in [-0.2, -0.15) is 0 Å². The molecule has 1 aliphatic carbocycles. The van der Waals surface area contributed by atoms with Gasteiger partial charge in [-0.25, -0.2) is 0 Å². The van der Waals surface area contributed by atoms with Crippen molar-refractivity contribution in [3.8, 4) is 0 Å². The van der Waals surface area contributed by atoms with Crippen LogP contribution in [0.25, 0.3) is 11.3 Å². The zero-order chi connectivity index (χ0) is 15.4. The van der Waals surface area contributed by atoms with E-state index in [1.165, 1.54) is 29.7 Å². The summed E-state index contributed by atoms with van der Waals surface area (Å²) < 4.78 is 0. The smallest absolute Gasteiger partial charge is 0.270 e. The predicted octanol–water partition coefficient (Wildman–Crippen LogP) is 4.37. The highest BCUT2D eigenvalue weighted by atomic mass is 16.6. The van der Waals surface area contributed by atoms with Gasteiger partial charge in [0.25, 0.3) is 5.69 Å². The topological polar surface area (TPSA) is 46.1 Å². The molecule has 2 heterocycles. The summed E-state index contributed by atoms with van der Waals surface area (Å²) in [4.78, 5) is 13.3. The van der Waals surface area contributed by atoms with Crippen LogP contribution in [0.5, 0.6) is 0 Å². The van der Waals surface area contributed by atoms with E-state index in [2.05, 4.69) is 24.8 Å². The fraction of sp³-hybridized carbons (Fsp3) is 0.444. The van der Waals surface area contributed by atoms with Crippen LogP contribution in [0.1, 0.15) is 50.7 Å². The number of nitro benzene ring substituents is 1. The van der Waals surface area contributed by atoms with Gasteiger partial charge in [-0.15, -0.1) is 0 Å². The van der Waals surface area contributed by atoms with Crippen LogP contribution in [0.3, 0.4) is 0 Å². The number of unbranched alkanes of at least 4 members (excludes halogenated alkanes) is 1. The molecular formula is C18H20N2O2. The average molecular weight is 296 g/mol. The SMILES string of the molecule is CCC/C=C1\c2cc([N+](=O)[O-])ccc2C(=C2CC2)C2C(C)N12. The molecule has 22 heavy (non-hydrogen) atoms. The molecule has 0 bridgehead atoms. The van der Waals surface area contributed by atoms with E-state index in [4.69, 9.17) is 0 Å². The second kappa shape index (κ2) is 4.70. The molecule has 3 aliphatic rings. The summed E-state index contributed by atoms with van der Waals surface area (Å²) in [7, 11) is 0. The highest BCUT2D eigenvalue weighted by molar-refractivity contribution is 5.92. The van der Waals surface area contributed by atoms with Crippen molar-refractivity contribution >= 4 is 17.0 Å². The van der Waals surface area contributed by atoms with Gasteiger partial charge in [0.1, 0.15) is 0 Å². The third-order valence-corrected chi connectivity index (χ3v) is 4.97. The number of rotatable bonds is 3. The Balaban J connectivity index is 1.90. The monoisotopic (exact) mass is 296 g/mol. The summed E-state index contributed by atoms with van der Waals surface area (Å²) in [6, 6.07) is 6.39. The van der Waals surface area contributed by atoms with Gasteiger partial charge >= 0.3 is 0 Å². The molecule has 0 spiro atoms. The number of benzene rings is 1. The molecule has 0 N–H and O–H groups in total. The number of nitrogens with zero attached hydrogens (tertiary/aromatic N) is 2. The number of fused-ring (bicyclic) bond motifs is 2. The van der Waals surface area contributed by atoms with Crippen molar-refractivity contribution < 1.29 is 4.92 Å². The molecule has 2 unspecified atom stereocenters. The van der Waals surface area contributed by atoms with Crippen LogP contribution in [0.4, 0.5) is 5.69 Å². The molecule has 0 amide bonds. The van der Waals surface area contributed by atoms with Crippen LogP contribution in [-0.2, 0) is 0 Å². The largest absolute Gasteiger partial charge is 0.357 e. The van der Waals surface area contributed by atoms with E-state index in [9.17, 15) is 10.1 Å². The van der Waals surface area contributed by atoms with Gasteiger partial charge in [-0.1, -0.05) is 25.0 Å². The zero-order valence-corrected chi connectivity index (χ0v) is 13.0. The lowest BCUT2D eigenvalue weighted by Gasteiger charge is -2.23. The average Bonchev–Trinajstić information content (AvgIpc) is 3.42. The Bertz CT molecular complexity index is 727. The van der Waals surface area contributed by atoms with Crippen LogP contribution in [0.2, 0.25) is 0 Å². The molecule has 1 saturated heterocycles. The van der Waals surface area contributed by atoms with Crippen molar-refractivity contribution in [1.29, 1.82) is 0 Å². The molecule has 0 radical (unpaired) electrons. The van der Waals surface area contributed by atoms with E-state index in [0.717, 1.165) is 18.4 Å². The maximum atomic E-state index is 11.2. The first-order valence-corrected chi connectivity index (χ1v) is 8.13. The Hall–Kier alpha value is -2.10. The molecule has 2 fully saturated rings. The minimum absolute atomic E-state index is 0.189. The maximum Gasteiger partial charge on any atom is 0.270 e. The Kier molecular flexibility index (Phi) is 2.90. The highest BCUT2D eigenvalue weighted by Crippen LogP contribution is 2.56. The van der Waals surface area contributed by atoms with Crippen LogP contribution >= 0.6 is 0 Å². The van der Waals surface area contributed by atoms with E-state index in [1.54, 1.807) is 17.7 Å². The second-order valence-corrected chi connectivity index (χ2v) is 6.47. The Morgan fingerprint density at radius 1 is 1.36 bits per heavy atom. The predicted molar refractivity (Wildman–Crippen MR) is 87.2 cm³/mol. The van der Waals surface area contributed by atoms with E-state index >= 15 is 0 Å². The van der Waals surface area contributed by atoms with Crippen molar-refractivity contribution in [3.05, 3.63) is 51.1 Å². The number of nitro groups is 1. The summed E-state index contributed by atoms with van der Waals surface area (Å²) in [5.41, 5.74) is 6.66. The minimum atomic E-state index is -0.292. The molecule has 4 nitrogen and oxygen atoms in total. The van der Waals surface area contributed by atoms with E-state index in [1.807, 2.05) is 6.07 Å². The Morgan fingerprint density at radius 3 is 2.77 bits per heavy atom. The van der Waals surface area contributed by atoms with E-state index < -0.39 is 0 Å². The Labute approximate surface area is 130 Å². The van der Waals surface area contributed by atoms with Crippen molar-refractivity contribution in [1.82, 2.24) is 4.90 Å². The molecule has 1 saturated carbocycles. The first kappa shape index (κ1) is 13.6. The molecule has 4 rings (SSSR count). The number of hydrogen-bond donors (Lipinski definition) is 0. The van der Waals surface area contributed by atoms with Crippen molar-refractivity contribution in [2.45, 2.75) is 51.6 Å². The van der Waals surface area contributed by atoms with E-state index in [0.29, 0.717) is 12.1 Å². The summed E-state index contributed by atoms with van der Waals surface area (Å²) in [5.74, 6) is 0. The molecule has 114 valence electrons. The van der Waals surface area contributed by atoms with Gasteiger partial charge in [0, 0.05) is 23.4 Å². The third kappa shape index (κ3) is 1.90. The van der Waals surface area contributed by atoms with Gasteiger partial charge in [0.05, 0.1) is 17.0 Å². The molecule has 1 aromatic rings. The molecular weight excluding hydrogens is 276 g/mol. The van der Waals surface area contributed by atoms with Crippen molar-refractivity contribution in [2.75, 3.05) is 0 Å². The van der Waals surface area contributed by atoms with E-state index in [-0.39, 0.29) is 10.6 Å². The van der Waals surface area contributed by atoms with Crippen molar-refractivity contribution in [2.24, 2.45) is 0 Å². The number of non-ortho nitro benzene ring substituents is 1. The quantitative estimate of drug-likeness (QED) is 0.472. The standard InChI is InChI=1S/C18H20N2O2/c1-3-4-5-16-15-10-13(20(21)22)8-9-14(15)17(12-6-7-12)18-11(2)19(16)18/h5,8-11,18H,3-4,6-7H2,1-2H3/b16-5+. The van der Waals surface area contributed by atoms with Gasteiger partial charge in [-0.3, -0.25) is 10.1 Å². The van der Waals surface area contributed by atoms with Crippen LogP contribution in [0, 0.1) is 10.1 Å². The van der Waals surface area contributed by atoms with Crippen LogP contribution in [0.15, 0.2) is 29.8 Å². The Morgan fingerprint density at radius 2 is 2.14 bits per heavy atom. The van der Waals surface area contributed by atoms with Crippen molar-refractivity contribution in [3.63, 3.8) is 0 Å². The first-order chi connectivity index (χ1) is 10.6. The highest BCUT2D eigenvalue weighted by Gasteiger charge is 2.53. The van der Waals surface area contributed by atoms with Gasteiger partial charge in [0.2, 0.25) is 0 Å². The molecule has 1 aromatic carbocycles. The lowest BCUT2D eigenvalue weighted by atomic mass is 9.90. The van der Waals surface area contributed by atoms with Gasteiger partial charge in [-0.05, 0) is 43.4 Å². The van der Waals surface area contributed by atoms with Gasteiger partial charge in [0.15, 0.2) is 0 Å². The number of hydrogen-bond acceptors (Lipinski definition) is 3. The molecule has 4 heteroatoms. The second-order valence-electron chi connectivity index (χ2n) is 6.47. The van der Waals surface area contributed by atoms with Gasteiger partial charge < -0.3 is 4.90 Å². The lowest BCUT2D eigenvalue weighted by Crippen LogP contribution is -2.13. The zero-order valence-electron chi connectivity index (χ0n) is 13.0. The molecule has 0 aromatic heterocycles. The summed E-state index contributed by atoms with van der Waals surface area (Å²) in [6.07, 6.45) is 6.75. The number of allylic oxidation sites excluding steroid dienone is 2. The maximum absolute atomic E-state index is 11.2. The lowest BCUT2D eigenvalue weighted by molar-refractivity contribution is -0.384. The molecule has 2 atom stereocenters. The van der Waals surface area contributed by atoms with Crippen LogP contribution in [-0.4, -0.2) is 21.9 Å². The fourth-order valence-corrected chi connectivity index (χ4v) is 3.72. The first-order valence-electron chi connectivity index (χ1n) is 8.13. The molecule has 2 aliphatic heterocycles. The normalized spacial score (nSPS) is 26.8. The summed E-state index contributed by atoms with van der Waals surface area (Å²) >= 11 is 0.